The molecule has 5 nitrogen and oxygen atoms in total. The molecular weight excluding hydrogens is 332 g/mol. The van der Waals surface area contributed by atoms with E-state index in [0.29, 0.717) is 16.9 Å². The number of hydrogen-bond acceptors (Lipinski definition) is 5. The highest BCUT2D eigenvalue weighted by Crippen LogP contribution is 2.24. The Kier molecular flexibility index (Phi) is 5.07. The lowest BCUT2D eigenvalue weighted by molar-refractivity contribution is -0.144. The summed E-state index contributed by atoms with van der Waals surface area (Å²) < 4.78 is 15.9. The van der Waals surface area contributed by atoms with Crippen LogP contribution in [0.3, 0.4) is 0 Å². The molecule has 134 valence electrons. The van der Waals surface area contributed by atoms with Gasteiger partial charge in [-0.3, -0.25) is 4.79 Å². The van der Waals surface area contributed by atoms with Crippen LogP contribution in [0.5, 0.6) is 5.75 Å². The fraction of sp³-hybridized carbons (Fsp3) is 0.238. The van der Waals surface area contributed by atoms with Crippen molar-refractivity contribution in [3.63, 3.8) is 0 Å². The molecule has 0 N–H and O–H groups in total. The van der Waals surface area contributed by atoms with Crippen LogP contribution >= 0.6 is 0 Å². The largest absolute Gasteiger partial charge is 0.497 e. The summed E-state index contributed by atoms with van der Waals surface area (Å²) in [5.74, 6) is 0.316. The SMILES string of the molecule is COc1cccc(CC(=O)OCc2cc(=O)oc3c(C)c(C)ccc23)c1. The summed E-state index contributed by atoms with van der Waals surface area (Å²) in [6.45, 7) is 3.88. The summed E-state index contributed by atoms with van der Waals surface area (Å²) >= 11 is 0. The highest BCUT2D eigenvalue weighted by Gasteiger charge is 2.12. The van der Waals surface area contributed by atoms with Gasteiger partial charge in [-0.15, -0.1) is 0 Å². The number of methoxy groups -OCH3 is 1. The van der Waals surface area contributed by atoms with Crippen molar-refractivity contribution in [2.45, 2.75) is 26.9 Å². The van der Waals surface area contributed by atoms with E-state index >= 15 is 0 Å². The van der Waals surface area contributed by atoms with E-state index in [0.717, 1.165) is 22.1 Å². The van der Waals surface area contributed by atoms with Crippen molar-refractivity contribution >= 4 is 16.9 Å². The minimum Gasteiger partial charge on any atom is -0.497 e. The number of benzene rings is 2. The third kappa shape index (κ3) is 3.77. The number of fused-ring (bicyclic) bond motifs is 1. The topological polar surface area (TPSA) is 65.7 Å². The Bertz CT molecular complexity index is 1020. The number of hydrogen-bond donors (Lipinski definition) is 0. The Morgan fingerprint density at radius 3 is 2.69 bits per heavy atom. The predicted octanol–water partition coefficient (Wildman–Crippen LogP) is 3.70. The van der Waals surface area contributed by atoms with Crippen molar-refractivity contribution in [2.75, 3.05) is 7.11 Å². The molecular formula is C21H20O5. The average Bonchev–Trinajstić information content (AvgIpc) is 2.63. The first kappa shape index (κ1) is 17.7. The summed E-state index contributed by atoms with van der Waals surface area (Å²) in [6, 6.07) is 12.5. The molecule has 0 bridgehead atoms. The number of aryl methyl sites for hydroxylation is 2. The monoisotopic (exact) mass is 352 g/mol. The van der Waals surface area contributed by atoms with Gasteiger partial charge in [0.2, 0.25) is 0 Å². The van der Waals surface area contributed by atoms with Gasteiger partial charge in [0, 0.05) is 17.0 Å². The van der Waals surface area contributed by atoms with Crippen LogP contribution < -0.4 is 10.4 Å². The van der Waals surface area contributed by atoms with Crippen molar-refractivity contribution in [3.05, 3.63) is 75.1 Å². The molecule has 0 radical (unpaired) electrons. The predicted molar refractivity (Wildman–Crippen MR) is 98.5 cm³/mol. The highest BCUT2D eigenvalue weighted by atomic mass is 16.5. The van der Waals surface area contributed by atoms with Crippen LogP contribution in [0.15, 0.2) is 51.7 Å². The summed E-state index contributed by atoms with van der Waals surface area (Å²) in [7, 11) is 1.58. The standard InChI is InChI=1S/C21H20O5/c1-13-7-8-18-16(11-20(23)26-21(18)14(13)2)12-25-19(22)10-15-5-4-6-17(9-15)24-3/h4-9,11H,10,12H2,1-3H3. The Labute approximate surface area is 151 Å². The molecule has 2 aromatic carbocycles. The van der Waals surface area contributed by atoms with E-state index in [1.54, 1.807) is 13.2 Å². The van der Waals surface area contributed by atoms with Crippen LogP contribution in [0.2, 0.25) is 0 Å². The van der Waals surface area contributed by atoms with Gasteiger partial charge < -0.3 is 13.9 Å². The lowest BCUT2D eigenvalue weighted by atomic mass is 10.0. The normalized spacial score (nSPS) is 10.7. The van der Waals surface area contributed by atoms with E-state index in [2.05, 4.69) is 0 Å². The summed E-state index contributed by atoms with van der Waals surface area (Å²) in [4.78, 5) is 24.0. The van der Waals surface area contributed by atoms with Gasteiger partial charge in [0.05, 0.1) is 13.5 Å². The molecule has 0 aliphatic rings. The zero-order chi connectivity index (χ0) is 18.7. The molecule has 0 unspecified atom stereocenters. The van der Waals surface area contributed by atoms with Crippen molar-refractivity contribution in [2.24, 2.45) is 0 Å². The Morgan fingerprint density at radius 1 is 1.12 bits per heavy atom. The second-order valence-electron chi connectivity index (χ2n) is 6.16. The number of carbonyl (C=O) groups is 1. The molecule has 0 aliphatic heterocycles. The maximum atomic E-state index is 12.2. The van der Waals surface area contributed by atoms with E-state index in [9.17, 15) is 9.59 Å². The molecule has 0 saturated heterocycles. The first-order valence-electron chi connectivity index (χ1n) is 8.29. The summed E-state index contributed by atoms with van der Waals surface area (Å²) in [5, 5.41) is 0.780. The summed E-state index contributed by atoms with van der Waals surface area (Å²) in [6.07, 6.45) is 0.134. The second kappa shape index (κ2) is 7.44. The van der Waals surface area contributed by atoms with Gasteiger partial charge >= 0.3 is 11.6 Å². The van der Waals surface area contributed by atoms with Crippen LogP contribution in [-0.2, 0) is 22.6 Å². The lowest BCUT2D eigenvalue weighted by Crippen LogP contribution is -2.10. The molecule has 26 heavy (non-hydrogen) atoms. The molecule has 0 amide bonds. The Morgan fingerprint density at radius 2 is 1.92 bits per heavy atom. The molecule has 3 aromatic rings. The first-order valence-corrected chi connectivity index (χ1v) is 8.29. The maximum absolute atomic E-state index is 12.2. The number of carbonyl (C=O) groups excluding carboxylic acids is 1. The van der Waals surface area contributed by atoms with Gasteiger partial charge in [-0.25, -0.2) is 4.79 Å². The van der Waals surface area contributed by atoms with E-state index < -0.39 is 5.63 Å². The lowest BCUT2D eigenvalue weighted by Gasteiger charge is -2.10. The number of rotatable bonds is 5. The Balaban J connectivity index is 1.78. The molecule has 0 atom stereocenters. The van der Waals surface area contributed by atoms with Gasteiger partial charge in [0.1, 0.15) is 17.9 Å². The van der Waals surface area contributed by atoms with Crippen molar-refractivity contribution < 1.29 is 18.7 Å². The molecule has 5 heteroatoms. The minimum absolute atomic E-state index is 0.0212. The van der Waals surface area contributed by atoms with Crippen LogP contribution in [0.4, 0.5) is 0 Å². The van der Waals surface area contributed by atoms with E-state index in [1.165, 1.54) is 6.07 Å². The third-order valence-corrected chi connectivity index (χ3v) is 4.39. The van der Waals surface area contributed by atoms with Crippen LogP contribution in [-0.4, -0.2) is 13.1 Å². The number of esters is 1. The Hall–Kier alpha value is -3.08. The fourth-order valence-corrected chi connectivity index (χ4v) is 2.80. The molecule has 0 fully saturated rings. The van der Waals surface area contributed by atoms with Gasteiger partial charge in [0.25, 0.3) is 0 Å². The van der Waals surface area contributed by atoms with Crippen molar-refractivity contribution in [1.82, 2.24) is 0 Å². The highest BCUT2D eigenvalue weighted by molar-refractivity contribution is 5.84. The molecule has 0 spiro atoms. The van der Waals surface area contributed by atoms with Crippen molar-refractivity contribution in [3.8, 4) is 5.75 Å². The quantitative estimate of drug-likeness (QED) is 0.517. The minimum atomic E-state index is -0.454. The molecule has 1 aromatic heterocycles. The first-order chi connectivity index (χ1) is 12.5. The molecule has 0 aliphatic carbocycles. The van der Waals surface area contributed by atoms with Gasteiger partial charge in [0.15, 0.2) is 0 Å². The zero-order valence-electron chi connectivity index (χ0n) is 15.0. The average molecular weight is 352 g/mol. The third-order valence-electron chi connectivity index (χ3n) is 4.39. The zero-order valence-corrected chi connectivity index (χ0v) is 15.0. The van der Waals surface area contributed by atoms with Crippen LogP contribution in [0, 0.1) is 13.8 Å². The van der Waals surface area contributed by atoms with E-state index in [4.69, 9.17) is 13.9 Å². The number of ether oxygens (including phenoxy) is 2. The molecule has 3 rings (SSSR count). The van der Waals surface area contributed by atoms with Gasteiger partial charge in [-0.05, 0) is 42.7 Å². The maximum Gasteiger partial charge on any atom is 0.336 e. The van der Waals surface area contributed by atoms with Crippen LogP contribution in [0.25, 0.3) is 11.0 Å². The summed E-state index contributed by atoms with van der Waals surface area (Å²) in [5.41, 5.74) is 3.47. The van der Waals surface area contributed by atoms with E-state index in [-0.39, 0.29) is 19.0 Å². The van der Waals surface area contributed by atoms with E-state index in [1.807, 2.05) is 44.2 Å². The molecule has 1 heterocycles. The molecule has 0 saturated carbocycles. The van der Waals surface area contributed by atoms with Crippen LogP contribution in [0.1, 0.15) is 22.3 Å². The second-order valence-corrected chi connectivity index (χ2v) is 6.16. The van der Waals surface area contributed by atoms with Crippen molar-refractivity contribution in [1.29, 1.82) is 0 Å². The smallest absolute Gasteiger partial charge is 0.336 e. The van der Waals surface area contributed by atoms with Gasteiger partial charge in [-0.2, -0.15) is 0 Å². The van der Waals surface area contributed by atoms with Gasteiger partial charge in [-0.1, -0.05) is 24.3 Å². The fourth-order valence-electron chi connectivity index (χ4n) is 2.80.